The molecular weight excluding hydrogens is 256 g/mol. The molecule has 0 amide bonds. The summed E-state index contributed by atoms with van der Waals surface area (Å²) in [6, 6.07) is 9.63. The van der Waals surface area contributed by atoms with E-state index >= 15 is 0 Å². The van der Waals surface area contributed by atoms with Gasteiger partial charge in [0.05, 0.1) is 0 Å². The summed E-state index contributed by atoms with van der Waals surface area (Å²) in [4.78, 5) is 2.53. The second-order valence-electron chi connectivity index (χ2n) is 6.48. The normalized spacial score (nSPS) is 17.1. The number of hydrogen-bond donors (Lipinski definition) is 1. The Hall–Kier alpha value is -1.02. The van der Waals surface area contributed by atoms with Crippen molar-refractivity contribution in [1.29, 1.82) is 0 Å². The van der Waals surface area contributed by atoms with E-state index in [2.05, 4.69) is 55.3 Å². The first-order valence-corrected chi connectivity index (χ1v) is 8.79. The first-order chi connectivity index (χ1) is 10.2. The summed E-state index contributed by atoms with van der Waals surface area (Å²) in [6.45, 7) is 10.1. The number of anilines is 1. The zero-order valence-electron chi connectivity index (χ0n) is 14.1. The molecule has 0 spiro atoms. The smallest absolute Gasteiger partial charge is 0.0366 e. The maximum Gasteiger partial charge on any atom is 0.0366 e. The van der Waals surface area contributed by atoms with Crippen molar-refractivity contribution in [3.8, 4) is 0 Å². The molecule has 21 heavy (non-hydrogen) atoms. The van der Waals surface area contributed by atoms with Crippen LogP contribution in [0, 0.1) is 12.8 Å². The lowest BCUT2D eigenvalue weighted by Crippen LogP contribution is -2.45. The highest BCUT2D eigenvalue weighted by Gasteiger charge is 2.26. The molecule has 1 atom stereocenters. The lowest BCUT2D eigenvalue weighted by atomic mass is 9.97. The number of nitrogens with one attached hydrogen (secondary N) is 1. The van der Waals surface area contributed by atoms with Crippen LogP contribution in [0.1, 0.15) is 51.5 Å². The van der Waals surface area contributed by atoms with Crippen LogP contribution in [0.4, 0.5) is 5.69 Å². The number of nitrogens with zero attached hydrogens (tertiary/aromatic N) is 1. The molecule has 2 nitrogen and oxygen atoms in total. The van der Waals surface area contributed by atoms with E-state index in [9.17, 15) is 0 Å². The highest BCUT2D eigenvalue weighted by molar-refractivity contribution is 5.47. The fourth-order valence-electron chi connectivity index (χ4n) is 3.48. The lowest BCUT2D eigenvalue weighted by molar-refractivity contribution is 0.359. The van der Waals surface area contributed by atoms with Crippen LogP contribution < -0.4 is 10.2 Å². The van der Waals surface area contributed by atoms with Crippen LogP contribution in [0.15, 0.2) is 24.3 Å². The van der Waals surface area contributed by atoms with Gasteiger partial charge < -0.3 is 10.2 Å². The van der Waals surface area contributed by atoms with Gasteiger partial charge in [0.2, 0.25) is 0 Å². The predicted molar refractivity (Wildman–Crippen MR) is 93.1 cm³/mol. The molecule has 1 N–H and O–H groups in total. The van der Waals surface area contributed by atoms with Crippen molar-refractivity contribution in [1.82, 2.24) is 5.32 Å². The standard InChI is InChI=1S/C19H32N2/c1-4-14-20-19(17-8-6-7-9-17)15-21(5-2)18-12-10-16(3)11-13-18/h10-13,17,19-20H,4-9,14-15H2,1-3H3. The van der Waals surface area contributed by atoms with E-state index in [0.717, 1.165) is 25.6 Å². The first-order valence-electron chi connectivity index (χ1n) is 8.79. The third-order valence-corrected chi connectivity index (χ3v) is 4.82. The van der Waals surface area contributed by atoms with Crippen LogP contribution in [0.2, 0.25) is 0 Å². The lowest BCUT2D eigenvalue weighted by Gasteiger charge is -2.32. The summed E-state index contributed by atoms with van der Waals surface area (Å²) in [5.74, 6) is 0.871. The third-order valence-electron chi connectivity index (χ3n) is 4.82. The van der Waals surface area contributed by atoms with Crippen LogP contribution >= 0.6 is 0 Å². The zero-order valence-corrected chi connectivity index (χ0v) is 14.1. The van der Waals surface area contributed by atoms with E-state index in [-0.39, 0.29) is 0 Å². The van der Waals surface area contributed by atoms with Gasteiger partial charge >= 0.3 is 0 Å². The van der Waals surface area contributed by atoms with Crippen LogP contribution in [-0.2, 0) is 0 Å². The molecule has 1 aliphatic rings. The Morgan fingerprint density at radius 3 is 2.38 bits per heavy atom. The monoisotopic (exact) mass is 288 g/mol. The van der Waals surface area contributed by atoms with Gasteiger partial charge in [-0.05, 0) is 57.7 Å². The van der Waals surface area contributed by atoms with E-state index in [1.165, 1.54) is 43.4 Å². The highest BCUT2D eigenvalue weighted by atomic mass is 15.2. The molecule has 1 aliphatic carbocycles. The molecule has 0 heterocycles. The highest BCUT2D eigenvalue weighted by Crippen LogP contribution is 2.29. The van der Waals surface area contributed by atoms with Crippen molar-refractivity contribution in [3.05, 3.63) is 29.8 Å². The van der Waals surface area contributed by atoms with Crippen molar-refractivity contribution >= 4 is 5.69 Å². The Morgan fingerprint density at radius 1 is 1.14 bits per heavy atom. The maximum absolute atomic E-state index is 3.82. The average molecular weight is 288 g/mol. The van der Waals surface area contributed by atoms with Gasteiger partial charge in [-0.3, -0.25) is 0 Å². The van der Waals surface area contributed by atoms with Crippen molar-refractivity contribution in [3.63, 3.8) is 0 Å². The number of aryl methyl sites for hydroxylation is 1. The molecule has 2 rings (SSSR count). The van der Waals surface area contributed by atoms with E-state index in [1.54, 1.807) is 0 Å². The topological polar surface area (TPSA) is 15.3 Å². The zero-order chi connectivity index (χ0) is 15.1. The minimum atomic E-state index is 0.647. The molecule has 0 radical (unpaired) electrons. The number of hydrogen-bond acceptors (Lipinski definition) is 2. The van der Waals surface area contributed by atoms with E-state index < -0.39 is 0 Å². The molecular formula is C19H32N2. The van der Waals surface area contributed by atoms with Crippen molar-refractivity contribution in [2.45, 2.75) is 58.9 Å². The Bertz CT molecular complexity index is 393. The minimum absolute atomic E-state index is 0.647. The number of likely N-dealkylation sites (N-methyl/N-ethyl adjacent to an activating group) is 1. The van der Waals surface area contributed by atoms with Gasteiger partial charge in [0.1, 0.15) is 0 Å². The molecule has 1 aromatic rings. The van der Waals surface area contributed by atoms with Crippen molar-refractivity contribution in [2.24, 2.45) is 5.92 Å². The molecule has 118 valence electrons. The van der Waals surface area contributed by atoms with Crippen LogP contribution in [-0.4, -0.2) is 25.7 Å². The van der Waals surface area contributed by atoms with Crippen molar-refractivity contribution < 1.29 is 0 Å². The van der Waals surface area contributed by atoms with Gasteiger partial charge in [0.25, 0.3) is 0 Å². The van der Waals surface area contributed by atoms with Gasteiger partial charge in [-0.1, -0.05) is 37.5 Å². The van der Waals surface area contributed by atoms with Crippen molar-refractivity contribution in [2.75, 3.05) is 24.5 Å². The fraction of sp³-hybridized carbons (Fsp3) is 0.684. The molecule has 0 bridgehead atoms. The first kappa shape index (κ1) is 16.4. The van der Waals surface area contributed by atoms with Crippen LogP contribution in [0.25, 0.3) is 0 Å². The SMILES string of the molecule is CCCNC(CN(CC)c1ccc(C)cc1)C1CCCC1. The molecule has 0 saturated heterocycles. The molecule has 1 unspecified atom stereocenters. The van der Waals surface area contributed by atoms with E-state index in [1.807, 2.05) is 0 Å². The Kier molecular flexibility index (Phi) is 6.56. The van der Waals surface area contributed by atoms with Crippen LogP contribution in [0.5, 0.6) is 0 Å². The largest absolute Gasteiger partial charge is 0.370 e. The summed E-state index contributed by atoms with van der Waals surface area (Å²) >= 11 is 0. The summed E-state index contributed by atoms with van der Waals surface area (Å²) in [5.41, 5.74) is 2.70. The van der Waals surface area contributed by atoms with Gasteiger partial charge in [0.15, 0.2) is 0 Å². The number of rotatable bonds is 8. The molecule has 0 aromatic heterocycles. The molecule has 2 heteroatoms. The van der Waals surface area contributed by atoms with Crippen LogP contribution in [0.3, 0.4) is 0 Å². The maximum atomic E-state index is 3.82. The second-order valence-corrected chi connectivity index (χ2v) is 6.48. The quantitative estimate of drug-likeness (QED) is 0.763. The summed E-state index contributed by atoms with van der Waals surface area (Å²) < 4.78 is 0. The Balaban J connectivity index is 2.02. The predicted octanol–water partition coefficient (Wildman–Crippen LogP) is 4.38. The van der Waals surface area contributed by atoms with E-state index in [0.29, 0.717) is 6.04 Å². The Morgan fingerprint density at radius 2 is 1.81 bits per heavy atom. The molecule has 1 saturated carbocycles. The van der Waals surface area contributed by atoms with Gasteiger partial charge in [-0.2, -0.15) is 0 Å². The second kappa shape index (κ2) is 8.43. The minimum Gasteiger partial charge on any atom is -0.370 e. The van der Waals surface area contributed by atoms with E-state index in [4.69, 9.17) is 0 Å². The van der Waals surface area contributed by atoms with Gasteiger partial charge in [-0.25, -0.2) is 0 Å². The molecule has 0 aliphatic heterocycles. The Labute approximate surface area is 130 Å². The molecule has 1 aromatic carbocycles. The third kappa shape index (κ3) is 4.74. The summed E-state index contributed by atoms with van der Waals surface area (Å²) in [5, 5.41) is 3.82. The fourth-order valence-corrected chi connectivity index (χ4v) is 3.48. The van der Waals surface area contributed by atoms with Gasteiger partial charge in [0, 0.05) is 24.8 Å². The molecule has 1 fully saturated rings. The number of benzene rings is 1. The van der Waals surface area contributed by atoms with Gasteiger partial charge in [-0.15, -0.1) is 0 Å². The summed E-state index contributed by atoms with van der Waals surface area (Å²) in [6.07, 6.45) is 6.89. The summed E-state index contributed by atoms with van der Waals surface area (Å²) in [7, 11) is 0. The average Bonchev–Trinajstić information content (AvgIpc) is 3.03.